The molecule has 3 aliphatic heterocycles. The van der Waals surface area contributed by atoms with E-state index in [9.17, 15) is 18.4 Å². The van der Waals surface area contributed by atoms with E-state index in [2.05, 4.69) is 4.90 Å². The summed E-state index contributed by atoms with van der Waals surface area (Å²) in [5.74, 6) is -1.95. The number of hydrogen-bond acceptors (Lipinski definition) is 5. The maximum Gasteiger partial charge on any atom is 0.234 e. The Bertz CT molecular complexity index is 735. The van der Waals surface area contributed by atoms with Gasteiger partial charge in [-0.05, 0) is 24.6 Å². The zero-order valence-corrected chi connectivity index (χ0v) is 14.4. The molecule has 0 radical (unpaired) electrons. The average molecular weight is 365 g/mol. The quantitative estimate of drug-likeness (QED) is 0.780. The van der Waals surface area contributed by atoms with Gasteiger partial charge in [0.2, 0.25) is 11.8 Å². The zero-order valence-electron chi connectivity index (χ0n) is 14.4. The predicted octanol–water partition coefficient (Wildman–Crippen LogP) is 0.669. The van der Waals surface area contributed by atoms with E-state index in [0.29, 0.717) is 26.1 Å². The Labute approximate surface area is 149 Å². The number of benzene rings is 1. The van der Waals surface area contributed by atoms with Gasteiger partial charge in [0.15, 0.2) is 0 Å². The number of rotatable bonds is 2. The summed E-state index contributed by atoms with van der Waals surface area (Å²) in [5, 5.41) is 0. The van der Waals surface area contributed by atoms with Crippen molar-refractivity contribution in [3.8, 4) is 0 Å². The third-order valence-electron chi connectivity index (χ3n) is 5.83. The van der Waals surface area contributed by atoms with Gasteiger partial charge in [0.1, 0.15) is 17.7 Å². The monoisotopic (exact) mass is 365 g/mol. The van der Waals surface area contributed by atoms with E-state index in [4.69, 9.17) is 10.5 Å². The molecule has 3 aliphatic rings. The normalized spacial score (nSPS) is 35.2. The van der Waals surface area contributed by atoms with Crippen molar-refractivity contribution < 1.29 is 23.1 Å². The second-order valence-electron chi connectivity index (χ2n) is 7.38. The van der Waals surface area contributed by atoms with Crippen molar-refractivity contribution in [2.24, 2.45) is 17.6 Å². The highest BCUT2D eigenvalue weighted by atomic mass is 19.1. The first-order valence-corrected chi connectivity index (χ1v) is 8.74. The van der Waals surface area contributed by atoms with Gasteiger partial charge in [0.05, 0.1) is 18.4 Å². The maximum atomic E-state index is 14.0. The van der Waals surface area contributed by atoms with Crippen LogP contribution in [0.2, 0.25) is 0 Å². The van der Waals surface area contributed by atoms with Crippen LogP contribution in [0.15, 0.2) is 18.2 Å². The maximum absolute atomic E-state index is 14.0. The van der Waals surface area contributed by atoms with Crippen molar-refractivity contribution in [2.45, 2.75) is 24.6 Å². The van der Waals surface area contributed by atoms with Crippen molar-refractivity contribution in [1.29, 1.82) is 0 Å². The number of halogens is 2. The Morgan fingerprint density at radius 1 is 1.15 bits per heavy atom. The van der Waals surface area contributed by atoms with Gasteiger partial charge in [-0.3, -0.25) is 19.4 Å². The number of imide groups is 1. The molecule has 4 rings (SSSR count). The van der Waals surface area contributed by atoms with E-state index in [1.54, 1.807) is 0 Å². The Kier molecular flexibility index (Phi) is 4.29. The first-order valence-electron chi connectivity index (χ1n) is 8.74. The van der Waals surface area contributed by atoms with Crippen LogP contribution in [-0.4, -0.2) is 60.4 Å². The van der Waals surface area contributed by atoms with Crippen LogP contribution in [0.1, 0.15) is 18.1 Å². The third kappa shape index (κ3) is 2.72. The molecule has 3 saturated heterocycles. The number of fused-ring (bicyclic) bond motifs is 1. The molecule has 8 heteroatoms. The second-order valence-corrected chi connectivity index (χ2v) is 7.38. The van der Waals surface area contributed by atoms with E-state index in [-0.39, 0.29) is 35.3 Å². The van der Waals surface area contributed by atoms with Crippen molar-refractivity contribution in [3.63, 3.8) is 0 Å². The standard InChI is InChI=1S/C18H21F2N3O3/c1-22-17(24)12-6-23(7-13(12)18(22)25)10-5-15(21)16(26-8-10)11-4-9(19)2-3-14(11)20/h2-4,10,12-13,15-16H,5-8,21H2,1H3/t10-,12?,13?,15+,16-/m1/s1. The van der Waals surface area contributed by atoms with E-state index in [1.807, 2.05) is 0 Å². The topological polar surface area (TPSA) is 75.9 Å². The Balaban J connectivity index is 1.44. The summed E-state index contributed by atoms with van der Waals surface area (Å²) in [4.78, 5) is 27.6. The van der Waals surface area contributed by atoms with Gasteiger partial charge in [-0.2, -0.15) is 0 Å². The minimum atomic E-state index is -0.710. The number of amides is 2. The number of nitrogens with zero attached hydrogens (tertiary/aromatic N) is 2. The smallest absolute Gasteiger partial charge is 0.234 e. The fourth-order valence-electron chi connectivity index (χ4n) is 4.39. The van der Waals surface area contributed by atoms with Crippen LogP contribution in [0.4, 0.5) is 8.78 Å². The molecular formula is C18H21F2N3O3. The molecule has 26 heavy (non-hydrogen) atoms. The molecule has 0 spiro atoms. The molecule has 2 unspecified atom stereocenters. The SMILES string of the molecule is CN1C(=O)C2CN([C@H]3CO[C@H](c4cc(F)ccc4F)[C@@H](N)C3)CC2C1=O. The lowest BCUT2D eigenvalue weighted by Crippen LogP contribution is -2.49. The predicted molar refractivity (Wildman–Crippen MR) is 87.8 cm³/mol. The molecule has 1 aromatic rings. The average Bonchev–Trinajstić information content (AvgIpc) is 3.14. The lowest BCUT2D eigenvalue weighted by atomic mass is 9.93. The second kappa shape index (κ2) is 6.37. The first kappa shape index (κ1) is 17.5. The molecule has 0 aliphatic carbocycles. The number of nitrogens with two attached hydrogens (primary N) is 1. The third-order valence-corrected chi connectivity index (χ3v) is 5.83. The highest BCUT2D eigenvalue weighted by Crippen LogP contribution is 2.37. The fourth-order valence-corrected chi connectivity index (χ4v) is 4.39. The summed E-state index contributed by atoms with van der Waals surface area (Å²) in [6, 6.07) is 2.70. The molecule has 140 valence electrons. The van der Waals surface area contributed by atoms with Gasteiger partial charge in [-0.15, -0.1) is 0 Å². The summed E-state index contributed by atoms with van der Waals surface area (Å²) < 4.78 is 33.2. The van der Waals surface area contributed by atoms with Gasteiger partial charge in [-0.25, -0.2) is 8.78 Å². The molecule has 2 N–H and O–H groups in total. The summed E-state index contributed by atoms with van der Waals surface area (Å²) in [5.41, 5.74) is 6.32. The highest BCUT2D eigenvalue weighted by Gasteiger charge is 2.52. The first-order chi connectivity index (χ1) is 12.4. The highest BCUT2D eigenvalue weighted by molar-refractivity contribution is 6.05. The largest absolute Gasteiger partial charge is 0.370 e. The van der Waals surface area contributed by atoms with Crippen molar-refractivity contribution >= 4 is 11.8 Å². The summed E-state index contributed by atoms with van der Waals surface area (Å²) in [6.07, 6.45) is -0.184. The molecule has 0 bridgehead atoms. The number of hydrogen-bond donors (Lipinski definition) is 1. The minimum Gasteiger partial charge on any atom is -0.370 e. The fraction of sp³-hybridized carbons (Fsp3) is 0.556. The lowest BCUT2D eigenvalue weighted by Gasteiger charge is -2.39. The zero-order chi connectivity index (χ0) is 18.6. The molecule has 5 atom stereocenters. The molecule has 3 heterocycles. The molecule has 0 aromatic heterocycles. The van der Waals surface area contributed by atoms with Gasteiger partial charge >= 0.3 is 0 Å². The summed E-state index contributed by atoms with van der Waals surface area (Å²) in [6.45, 7) is 1.30. The Hall–Kier alpha value is -1.90. The molecule has 2 amide bonds. The van der Waals surface area contributed by atoms with Gasteiger partial charge in [0.25, 0.3) is 0 Å². The van der Waals surface area contributed by atoms with Crippen LogP contribution < -0.4 is 5.73 Å². The molecular weight excluding hydrogens is 344 g/mol. The van der Waals surface area contributed by atoms with Gasteiger partial charge in [0, 0.05) is 37.8 Å². The molecule has 3 fully saturated rings. The number of carbonyl (C=O) groups is 2. The van der Waals surface area contributed by atoms with Gasteiger partial charge in [-0.1, -0.05) is 0 Å². The minimum absolute atomic E-state index is 0.0469. The Morgan fingerprint density at radius 2 is 1.81 bits per heavy atom. The van der Waals surface area contributed by atoms with Crippen molar-refractivity contribution in [2.75, 3.05) is 26.7 Å². The van der Waals surface area contributed by atoms with Crippen molar-refractivity contribution in [1.82, 2.24) is 9.80 Å². The van der Waals surface area contributed by atoms with Gasteiger partial charge < -0.3 is 10.5 Å². The lowest BCUT2D eigenvalue weighted by molar-refractivity contribution is -0.139. The summed E-state index contributed by atoms with van der Waals surface area (Å²) in [7, 11) is 1.52. The number of carbonyl (C=O) groups excluding carboxylic acids is 2. The van der Waals surface area contributed by atoms with Crippen LogP contribution in [-0.2, 0) is 14.3 Å². The van der Waals surface area contributed by atoms with Crippen LogP contribution >= 0.6 is 0 Å². The van der Waals surface area contributed by atoms with E-state index < -0.39 is 23.8 Å². The van der Waals surface area contributed by atoms with Crippen LogP contribution in [0.3, 0.4) is 0 Å². The number of likely N-dealkylation sites (tertiary alicyclic amines) is 2. The van der Waals surface area contributed by atoms with E-state index in [1.165, 1.54) is 11.9 Å². The molecule has 0 saturated carbocycles. The van der Waals surface area contributed by atoms with E-state index in [0.717, 1.165) is 18.2 Å². The molecule has 1 aromatic carbocycles. The van der Waals surface area contributed by atoms with Crippen molar-refractivity contribution in [3.05, 3.63) is 35.4 Å². The van der Waals surface area contributed by atoms with E-state index >= 15 is 0 Å². The molecule has 6 nitrogen and oxygen atoms in total. The van der Waals surface area contributed by atoms with Crippen LogP contribution in [0, 0.1) is 23.5 Å². The van der Waals surface area contributed by atoms with Crippen LogP contribution in [0.5, 0.6) is 0 Å². The Morgan fingerprint density at radius 3 is 2.42 bits per heavy atom. The summed E-state index contributed by atoms with van der Waals surface area (Å²) >= 11 is 0. The van der Waals surface area contributed by atoms with Crippen LogP contribution in [0.25, 0.3) is 0 Å². The number of ether oxygens (including phenoxy) is 1.